The van der Waals surface area contributed by atoms with E-state index in [0.717, 1.165) is 16.9 Å². The lowest BCUT2D eigenvalue weighted by Crippen LogP contribution is -2.16. The Morgan fingerprint density at radius 2 is 2.05 bits per heavy atom. The van der Waals surface area contributed by atoms with Crippen molar-refractivity contribution in [3.8, 4) is 0 Å². The average Bonchev–Trinajstić information content (AvgIpc) is 2.85. The number of aromatic nitrogens is 1. The molecule has 0 bridgehead atoms. The van der Waals surface area contributed by atoms with E-state index in [-0.39, 0.29) is 0 Å². The van der Waals surface area contributed by atoms with Crippen molar-refractivity contribution in [1.82, 2.24) is 10.3 Å². The van der Waals surface area contributed by atoms with Crippen molar-refractivity contribution in [2.75, 3.05) is 5.32 Å². The summed E-state index contributed by atoms with van der Waals surface area (Å²) in [5, 5.41) is 7.50. The van der Waals surface area contributed by atoms with Crippen LogP contribution in [0, 0.1) is 0 Å². The van der Waals surface area contributed by atoms with Crippen molar-refractivity contribution in [2.24, 2.45) is 0 Å². The predicted molar refractivity (Wildman–Crippen MR) is 82.7 cm³/mol. The van der Waals surface area contributed by atoms with E-state index in [1.807, 2.05) is 30.5 Å². The second kappa shape index (κ2) is 5.78. The van der Waals surface area contributed by atoms with E-state index in [1.54, 1.807) is 12.2 Å². The van der Waals surface area contributed by atoms with E-state index in [4.69, 9.17) is 0 Å². The summed E-state index contributed by atoms with van der Waals surface area (Å²) in [4.78, 5) is 3.17. The van der Waals surface area contributed by atoms with Crippen LogP contribution in [0.3, 0.4) is 0 Å². The Bertz CT molecular complexity index is 647. The number of allylic oxidation sites excluding steroid dienone is 3. The van der Waals surface area contributed by atoms with E-state index in [2.05, 4.69) is 41.4 Å². The molecule has 0 fully saturated rings. The molecule has 96 valence electrons. The van der Waals surface area contributed by atoms with Crippen molar-refractivity contribution < 1.29 is 0 Å². The second-order valence-corrected chi connectivity index (χ2v) is 4.07. The summed E-state index contributed by atoms with van der Waals surface area (Å²) in [6.45, 7) is 11.3. The molecule has 2 aromatic rings. The first kappa shape index (κ1) is 12.8. The zero-order valence-corrected chi connectivity index (χ0v) is 10.7. The van der Waals surface area contributed by atoms with Crippen molar-refractivity contribution >= 4 is 16.6 Å². The zero-order chi connectivity index (χ0) is 13.7. The summed E-state index contributed by atoms with van der Waals surface area (Å²) in [6, 6.07) is 8.13. The fraction of sp³-hybridized carbons (Fsp3) is 0. The van der Waals surface area contributed by atoms with Crippen molar-refractivity contribution in [3.05, 3.63) is 79.9 Å². The lowest BCUT2D eigenvalue weighted by atomic mass is 10.2. The molecule has 0 aliphatic carbocycles. The predicted octanol–water partition coefficient (Wildman–Crippen LogP) is 3.90. The Balaban J connectivity index is 2.07. The molecule has 0 atom stereocenters. The van der Waals surface area contributed by atoms with Gasteiger partial charge in [-0.1, -0.05) is 31.9 Å². The first-order chi connectivity index (χ1) is 9.22. The Labute approximate surface area is 113 Å². The molecular weight excluding hydrogens is 234 g/mol. The molecule has 0 saturated heterocycles. The molecule has 3 heteroatoms. The van der Waals surface area contributed by atoms with Crippen LogP contribution in [0.15, 0.2) is 79.9 Å². The van der Waals surface area contributed by atoms with Gasteiger partial charge in [0, 0.05) is 23.1 Å². The molecule has 0 saturated carbocycles. The molecular formula is C16H17N3. The van der Waals surface area contributed by atoms with Gasteiger partial charge in [0.05, 0.1) is 0 Å². The number of hydrogen-bond donors (Lipinski definition) is 3. The van der Waals surface area contributed by atoms with Gasteiger partial charge in [-0.25, -0.2) is 0 Å². The summed E-state index contributed by atoms with van der Waals surface area (Å²) in [5.41, 5.74) is 2.89. The van der Waals surface area contributed by atoms with Gasteiger partial charge in [0.1, 0.15) is 5.82 Å². The third-order valence-corrected chi connectivity index (χ3v) is 2.66. The van der Waals surface area contributed by atoms with E-state index >= 15 is 0 Å². The van der Waals surface area contributed by atoms with Gasteiger partial charge in [0.25, 0.3) is 0 Å². The van der Waals surface area contributed by atoms with Gasteiger partial charge < -0.3 is 15.6 Å². The van der Waals surface area contributed by atoms with Crippen LogP contribution in [0.5, 0.6) is 0 Å². The van der Waals surface area contributed by atoms with Gasteiger partial charge >= 0.3 is 0 Å². The lowest BCUT2D eigenvalue weighted by molar-refractivity contribution is 1.02. The fourth-order valence-electron chi connectivity index (χ4n) is 1.79. The molecule has 0 spiro atoms. The van der Waals surface area contributed by atoms with E-state index in [1.165, 1.54) is 5.39 Å². The first-order valence-electron chi connectivity index (χ1n) is 5.98. The summed E-state index contributed by atoms with van der Waals surface area (Å²) in [6.07, 6.45) is 7.16. The molecule has 3 nitrogen and oxygen atoms in total. The van der Waals surface area contributed by atoms with Gasteiger partial charge in [-0.2, -0.15) is 0 Å². The van der Waals surface area contributed by atoms with Crippen molar-refractivity contribution in [3.63, 3.8) is 0 Å². The van der Waals surface area contributed by atoms with Crippen LogP contribution in [0.2, 0.25) is 0 Å². The molecule has 0 aliphatic heterocycles. The molecule has 19 heavy (non-hydrogen) atoms. The number of fused-ring (bicyclic) bond motifs is 1. The summed E-state index contributed by atoms with van der Waals surface area (Å²) in [7, 11) is 0. The number of nitrogens with one attached hydrogen (secondary N) is 3. The SMILES string of the molecule is C=C/C=C(\C=C)NC(=C)Nc1ccc2cc[nH]c2c1. The van der Waals surface area contributed by atoms with Gasteiger partial charge in [0.2, 0.25) is 0 Å². The molecule has 0 radical (unpaired) electrons. The third kappa shape index (κ3) is 3.16. The van der Waals surface area contributed by atoms with Gasteiger partial charge in [0.15, 0.2) is 0 Å². The van der Waals surface area contributed by atoms with Gasteiger partial charge in [-0.05, 0) is 35.7 Å². The lowest BCUT2D eigenvalue weighted by Gasteiger charge is -2.12. The topological polar surface area (TPSA) is 39.8 Å². The molecule has 0 aliphatic rings. The van der Waals surface area contributed by atoms with Gasteiger partial charge in [-0.15, -0.1) is 0 Å². The molecule has 0 unspecified atom stereocenters. The molecule has 3 N–H and O–H groups in total. The monoisotopic (exact) mass is 251 g/mol. The second-order valence-electron chi connectivity index (χ2n) is 4.07. The van der Waals surface area contributed by atoms with E-state index in [9.17, 15) is 0 Å². The molecule has 2 rings (SSSR count). The van der Waals surface area contributed by atoms with Crippen molar-refractivity contribution in [2.45, 2.75) is 0 Å². The maximum atomic E-state index is 3.93. The maximum absolute atomic E-state index is 3.93. The number of H-pyrrole nitrogens is 1. The largest absolute Gasteiger partial charge is 0.361 e. The number of rotatable bonds is 6. The normalized spacial score (nSPS) is 11.1. The Hall–Kier alpha value is -2.68. The number of benzene rings is 1. The summed E-state index contributed by atoms with van der Waals surface area (Å²) in [5.74, 6) is 0.680. The van der Waals surface area contributed by atoms with Crippen LogP contribution in [0.1, 0.15) is 0 Å². The number of anilines is 1. The van der Waals surface area contributed by atoms with E-state index in [0.29, 0.717) is 5.82 Å². The van der Waals surface area contributed by atoms with Crippen LogP contribution in [-0.4, -0.2) is 4.98 Å². The molecule has 1 aromatic heterocycles. The summed E-state index contributed by atoms with van der Waals surface area (Å²) < 4.78 is 0. The Kier molecular flexibility index (Phi) is 3.88. The fourth-order valence-corrected chi connectivity index (χ4v) is 1.79. The quantitative estimate of drug-likeness (QED) is 0.681. The first-order valence-corrected chi connectivity index (χ1v) is 5.98. The van der Waals surface area contributed by atoms with Crippen LogP contribution >= 0.6 is 0 Å². The van der Waals surface area contributed by atoms with Crippen LogP contribution in [0.25, 0.3) is 10.9 Å². The Morgan fingerprint density at radius 3 is 2.79 bits per heavy atom. The van der Waals surface area contributed by atoms with Gasteiger partial charge in [-0.3, -0.25) is 0 Å². The average molecular weight is 251 g/mol. The zero-order valence-electron chi connectivity index (χ0n) is 10.7. The van der Waals surface area contributed by atoms with Crippen LogP contribution in [-0.2, 0) is 0 Å². The highest BCUT2D eigenvalue weighted by atomic mass is 15.1. The molecule has 0 amide bonds. The van der Waals surface area contributed by atoms with Crippen molar-refractivity contribution in [1.29, 1.82) is 0 Å². The highest BCUT2D eigenvalue weighted by Crippen LogP contribution is 2.18. The van der Waals surface area contributed by atoms with Crippen LogP contribution in [0.4, 0.5) is 5.69 Å². The highest BCUT2D eigenvalue weighted by Gasteiger charge is 1.99. The Morgan fingerprint density at radius 1 is 1.21 bits per heavy atom. The molecule has 1 heterocycles. The maximum Gasteiger partial charge on any atom is 0.100 e. The van der Waals surface area contributed by atoms with Crippen LogP contribution < -0.4 is 10.6 Å². The highest BCUT2D eigenvalue weighted by molar-refractivity contribution is 5.83. The van der Waals surface area contributed by atoms with E-state index < -0.39 is 0 Å². The standard InChI is InChI=1S/C16H17N3/c1-4-6-14(5-2)18-12(3)19-15-8-7-13-9-10-17-16(13)11-15/h4-11,17-19H,1-3H2/b14-6+. The summed E-state index contributed by atoms with van der Waals surface area (Å²) >= 11 is 0. The minimum Gasteiger partial charge on any atom is -0.361 e. The number of aromatic amines is 1. The smallest absolute Gasteiger partial charge is 0.100 e. The molecule has 1 aromatic carbocycles. The third-order valence-electron chi connectivity index (χ3n) is 2.66. The minimum atomic E-state index is 0.680. The number of hydrogen-bond acceptors (Lipinski definition) is 2. The minimum absolute atomic E-state index is 0.680.